The van der Waals surface area contributed by atoms with Gasteiger partial charge in [0, 0.05) is 10.1 Å². The summed E-state index contributed by atoms with van der Waals surface area (Å²) >= 11 is 2.95. The van der Waals surface area contributed by atoms with Crippen LogP contribution in [0, 0.1) is 0 Å². The van der Waals surface area contributed by atoms with Crippen molar-refractivity contribution in [2.75, 3.05) is 18.8 Å². The second kappa shape index (κ2) is 7.66. The molecule has 110 valence electrons. The maximum absolute atomic E-state index is 11.9. The highest BCUT2D eigenvalue weighted by atomic mass is 32.2. The van der Waals surface area contributed by atoms with Crippen LogP contribution in [0.15, 0.2) is 17.5 Å². The van der Waals surface area contributed by atoms with Gasteiger partial charge in [0.2, 0.25) is 5.91 Å². The second-order valence-electron chi connectivity index (χ2n) is 4.61. The van der Waals surface area contributed by atoms with Gasteiger partial charge in [0.1, 0.15) is 0 Å². The van der Waals surface area contributed by atoms with E-state index in [1.165, 1.54) is 11.3 Å². The quantitative estimate of drug-likeness (QED) is 0.741. The summed E-state index contributed by atoms with van der Waals surface area (Å²) in [6, 6.07) is 2.58. The molecule has 7 heteroatoms. The Balaban J connectivity index is 1.81. The number of carboxylic acid groups (broad SMARTS) is 1. The van der Waals surface area contributed by atoms with Gasteiger partial charge in [-0.1, -0.05) is 6.07 Å². The Labute approximate surface area is 126 Å². The third-order valence-electron chi connectivity index (χ3n) is 3.12. The first-order chi connectivity index (χ1) is 9.66. The molecule has 1 atom stereocenters. The van der Waals surface area contributed by atoms with Gasteiger partial charge in [-0.25, -0.2) is 4.79 Å². The van der Waals surface area contributed by atoms with E-state index in [1.54, 1.807) is 29.3 Å². The van der Waals surface area contributed by atoms with Gasteiger partial charge in [0.05, 0.1) is 5.75 Å². The molecule has 1 saturated heterocycles. The highest BCUT2D eigenvalue weighted by Gasteiger charge is 2.23. The van der Waals surface area contributed by atoms with Gasteiger partial charge in [-0.3, -0.25) is 4.79 Å². The van der Waals surface area contributed by atoms with Crippen LogP contribution in [0.4, 0.5) is 0 Å². The normalized spacial score (nSPS) is 17.6. The molecular formula is C13H18N2O3S2. The fourth-order valence-corrected chi connectivity index (χ4v) is 3.88. The second-order valence-corrected chi connectivity index (χ2v) is 6.88. The minimum Gasteiger partial charge on any atom is -0.479 e. The highest BCUT2D eigenvalue weighted by Crippen LogP contribution is 2.22. The number of amides is 1. The molecule has 0 saturated carbocycles. The molecule has 0 radical (unpaired) electrons. The number of carbonyl (C=O) groups is 2. The van der Waals surface area contributed by atoms with Crippen LogP contribution < -0.4 is 10.6 Å². The fourth-order valence-electron chi connectivity index (χ4n) is 2.07. The van der Waals surface area contributed by atoms with Gasteiger partial charge in [-0.15, -0.1) is 23.1 Å². The summed E-state index contributed by atoms with van der Waals surface area (Å²) in [7, 11) is 0. The van der Waals surface area contributed by atoms with Gasteiger partial charge in [0.25, 0.3) is 0 Å². The van der Waals surface area contributed by atoms with Crippen LogP contribution in [0.3, 0.4) is 0 Å². The van der Waals surface area contributed by atoms with Crippen molar-refractivity contribution < 1.29 is 14.7 Å². The van der Waals surface area contributed by atoms with E-state index in [2.05, 4.69) is 10.6 Å². The lowest BCUT2D eigenvalue weighted by Crippen LogP contribution is -2.35. The van der Waals surface area contributed by atoms with Crippen molar-refractivity contribution in [3.63, 3.8) is 0 Å². The summed E-state index contributed by atoms with van der Waals surface area (Å²) < 4.78 is 0. The molecule has 0 spiro atoms. The summed E-state index contributed by atoms with van der Waals surface area (Å²) in [5.41, 5.74) is 0. The lowest BCUT2D eigenvalue weighted by atomic mass is 10.2. The predicted octanol–water partition coefficient (Wildman–Crippen LogP) is 1.48. The Morgan fingerprint density at radius 3 is 2.85 bits per heavy atom. The van der Waals surface area contributed by atoms with Crippen LogP contribution in [0.1, 0.15) is 23.8 Å². The smallest absolute Gasteiger partial charge is 0.331 e. The molecule has 1 amide bonds. The number of hydrogen-bond acceptors (Lipinski definition) is 5. The molecule has 0 bridgehead atoms. The Hall–Kier alpha value is -1.05. The number of rotatable bonds is 6. The van der Waals surface area contributed by atoms with Gasteiger partial charge >= 0.3 is 5.97 Å². The van der Waals surface area contributed by atoms with Crippen molar-refractivity contribution in [1.82, 2.24) is 10.6 Å². The number of thiophene rings is 1. The molecule has 1 unspecified atom stereocenters. The maximum Gasteiger partial charge on any atom is 0.331 e. The summed E-state index contributed by atoms with van der Waals surface area (Å²) in [5, 5.41) is 17.4. The van der Waals surface area contributed by atoms with Crippen LogP contribution in [0.5, 0.6) is 0 Å². The minimum absolute atomic E-state index is 0.214. The first-order valence-electron chi connectivity index (χ1n) is 6.54. The molecule has 1 aliphatic heterocycles. The van der Waals surface area contributed by atoms with Crippen molar-refractivity contribution in [1.29, 1.82) is 0 Å². The van der Waals surface area contributed by atoms with E-state index in [0.717, 1.165) is 25.9 Å². The molecule has 5 nitrogen and oxygen atoms in total. The first-order valence-corrected chi connectivity index (χ1v) is 8.47. The molecule has 20 heavy (non-hydrogen) atoms. The van der Waals surface area contributed by atoms with Crippen molar-refractivity contribution in [2.45, 2.75) is 24.1 Å². The Morgan fingerprint density at radius 2 is 2.25 bits per heavy atom. The summed E-state index contributed by atoms with van der Waals surface area (Å²) in [6.45, 7) is 1.98. The van der Waals surface area contributed by atoms with Crippen LogP contribution in [0.2, 0.25) is 0 Å². The standard InChI is InChI=1S/C13H18N2O3S2/c16-11(8-20-9-3-5-14-6-4-9)15-12(13(17)18)10-2-1-7-19-10/h1-2,7,9,12,14H,3-6,8H2,(H,15,16)(H,17,18). The fraction of sp³-hybridized carbons (Fsp3) is 0.538. The van der Waals surface area contributed by atoms with Crippen molar-refractivity contribution in [2.24, 2.45) is 0 Å². The average Bonchev–Trinajstić information content (AvgIpc) is 2.97. The zero-order chi connectivity index (χ0) is 14.4. The van der Waals surface area contributed by atoms with Gasteiger partial charge < -0.3 is 15.7 Å². The number of carbonyl (C=O) groups excluding carboxylic acids is 1. The largest absolute Gasteiger partial charge is 0.479 e. The number of thioether (sulfide) groups is 1. The van der Waals surface area contributed by atoms with Crippen LogP contribution in [-0.2, 0) is 9.59 Å². The number of hydrogen-bond donors (Lipinski definition) is 3. The molecule has 1 aliphatic rings. The molecule has 3 N–H and O–H groups in total. The summed E-state index contributed by atoms with van der Waals surface area (Å²) in [4.78, 5) is 23.8. The zero-order valence-electron chi connectivity index (χ0n) is 11.0. The van der Waals surface area contributed by atoms with Gasteiger partial charge in [-0.2, -0.15) is 0 Å². The van der Waals surface area contributed by atoms with Crippen molar-refractivity contribution >= 4 is 35.0 Å². The van der Waals surface area contributed by atoms with E-state index in [-0.39, 0.29) is 5.91 Å². The third kappa shape index (κ3) is 4.50. The Bertz CT molecular complexity index is 444. The average molecular weight is 314 g/mol. The van der Waals surface area contributed by atoms with E-state index in [9.17, 15) is 14.7 Å². The van der Waals surface area contributed by atoms with Crippen molar-refractivity contribution in [3.05, 3.63) is 22.4 Å². The van der Waals surface area contributed by atoms with E-state index in [4.69, 9.17) is 0 Å². The summed E-state index contributed by atoms with van der Waals surface area (Å²) in [5.74, 6) is -0.915. The molecule has 1 fully saturated rings. The SMILES string of the molecule is O=C(CSC1CCNCC1)NC(C(=O)O)c1cccs1. The van der Waals surface area contributed by atoms with Crippen LogP contribution >= 0.6 is 23.1 Å². The molecule has 2 rings (SSSR count). The topological polar surface area (TPSA) is 78.4 Å². The van der Waals surface area contributed by atoms with Crippen molar-refractivity contribution in [3.8, 4) is 0 Å². The Kier molecular flexibility index (Phi) is 5.87. The molecule has 0 aromatic carbocycles. The molecular weight excluding hydrogens is 296 g/mol. The van der Waals surface area contributed by atoms with Gasteiger partial charge in [0.15, 0.2) is 6.04 Å². The molecule has 1 aromatic heterocycles. The molecule has 1 aromatic rings. The van der Waals surface area contributed by atoms with Crippen LogP contribution in [-0.4, -0.2) is 41.1 Å². The van der Waals surface area contributed by atoms with E-state index >= 15 is 0 Å². The highest BCUT2D eigenvalue weighted by molar-refractivity contribution is 8.00. The number of nitrogens with one attached hydrogen (secondary N) is 2. The monoisotopic (exact) mass is 314 g/mol. The van der Waals surface area contributed by atoms with E-state index in [0.29, 0.717) is 15.9 Å². The van der Waals surface area contributed by atoms with Crippen LogP contribution in [0.25, 0.3) is 0 Å². The molecule has 2 heterocycles. The third-order valence-corrected chi connectivity index (χ3v) is 5.43. The Morgan fingerprint density at radius 1 is 1.50 bits per heavy atom. The van der Waals surface area contributed by atoms with E-state index in [1.807, 2.05) is 0 Å². The lowest BCUT2D eigenvalue weighted by Gasteiger charge is -2.22. The number of piperidine rings is 1. The lowest BCUT2D eigenvalue weighted by molar-refractivity contribution is -0.141. The number of carboxylic acids is 1. The maximum atomic E-state index is 11.9. The minimum atomic E-state index is -1.02. The molecule has 0 aliphatic carbocycles. The zero-order valence-corrected chi connectivity index (χ0v) is 12.6. The first kappa shape index (κ1) is 15.3. The van der Waals surface area contributed by atoms with E-state index < -0.39 is 12.0 Å². The predicted molar refractivity (Wildman–Crippen MR) is 81.2 cm³/mol. The number of aliphatic carboxylic acids is 1. The summed E-state index contributed by atoms with van der Waals surface area (Å²) in [6.07, 6.45) is 2.12. The van der Waals surface area contributed by atoms with Gasteiger partial charge in [-0.05, 0) is 37.4 Å².